The molecule has 0 aliphatic carbocycles. The van der Waals surface area contributed by atoms with Gasteiger partial charge in [0, 0.05) is 7.05 Å². The van der Waals surface area contributed by atoms with Gasteiger partial charge in [0.1, 0.15) is 11.7 Å². The summed E-state index contributed by atoms with van der Waals surface area (Å²) in [6.07, 6.45) is 0. The van der Waals surface area contributed by atoms with Crippen LogP contribution in [0.4, 0.5) is 10.1 Å². The number of likely N-dealkylation sites (N-methyl/N-ethyl adjacent to an activating group) is 1. The van der Waals surface area contributed by atoms with E-state index < -0.39 is 33.6 Å². The summed E-state index contributed by atoms with van der Waals surface area (Å²) in [5, 5.41) is 2.73. The Labute approximate surface area is 148 Å². The van der Waals surface area contributed by atoms with E-state index in [-0.39, 0.29) is 21.2 Å². The first-order valence-electron chi connectivity index (χ1n) is 7.11. The first kappa shape index (κ1) is 17.4. The Kier molecular flexibility index (Phi) is 4.26. The average Bonchev–Trinajstić information content (AvgIpc) is 2.55. The lowest BCUT2D eigenvalue weighted by Gasteiger charge is -2.30. The second-order valence-corrected chi connectivity index (χ2v) is 7.74. The second kappa shape index (κ2) is 6.12. The lowest BCUT2D eigenvalue weighted by atomic mass is 9.96. The first-order valence-corrected chi connectivity index (χ1v) is 8.93. The molecule has 130 valence electrons. The second-order valence-electron chi connectivity index (χ2n) is 5.40. The van der Waals surface area contributed by atoms with Crippen molar-refractivity contribution in [1.82, 2.24) is 4.31 Å². The molecule has 0 spiro atoms. The molecule has 0 fully saturated rings. The molecule has 2 aromatic carbocycles. The third kappa shape index (κ3) is 2.87. The largest absolute Gasteiger partial charge is 0.324 e. The highest BCUT2D eigenvalue weighted by Crippen LogP contribution is 2.35. The molecule has 2 amide bonds. The Morgan fingerprint density at radius 3 is 2.60 bits per heavy atom. The Hall–Kier alpha value is -2.45. The summed E-state index contributed by atoms with van der Waals surface area (Å²) in [4.78, 5) is 24.8. The maximum absolute atomic E-state index is 13.6. The van der Waals surface area contributed by atoms with Crippen molar-refractivity contribution in [3.63, 3.8) is 0 Å². The molecule has 0 bridgehead atoms. The van der Waals surface area contributed by atoms with Crippen LogP contribution in [0, 0.1) is 5.82 Å². The maximum atomic E-state index is 13.6. The third-order valence-electron chi connectivity index (χ3n) is 3.87. The monoisotopic (exact) mass is 382 g/mol. The molecule has 1 heterocycles. The molecular formula is C16H12ClFN2O4S. The zero-order valence-electron chi connectivity index (χ0n) is 12.9. The van der Waals surface area contributed by atoms with Gasteiger partial charge in [0.15, 0.2) is 0 Å². The Bertz CT molecular complexity index is 993. The third-order valence-corrected chi connectivity index (χ3v) is 6.03. The van der Waals surface area contributed by atoms with Crippen LogP contribution in [-0.4, -0.2) is 31.6 Å². The summed E-state index contributed by atoms with van der Waals surface area (Å²) in [6.45, 7) is 0. The number of rotatable bonds is 2. The smallest absolute Gasteiger partial charge is 0.266 e. The van der Waals surface area contributed by atoms with Gasteiger partial charge >= 0.3 is 0 Å². The molecule has 0 aromatic heterocycles. The zero-order valence-corrected chi connectivity index (χ0v) is 14.4. The summed E-state index contributed by atoms with van der Waals surface area (Å²) in [7, 11) is -3.07. The molecule has 1 atom stereocenters. The summed E-state index contributed by atoms with van der Waals surface area (Å²) in [5.74, 6) is -4.02. The van der Waals surface area contributed by atoms with Gasteiger partial charge in [-0.15, -0.1) is 0 Å². The molecule has 6 nitrogen and oxygen atoms in total. The number of nitrogens with zero attached hydrogens (tertiary/aromatic N) is 1. The number of anilines is 1. The van der Waals surface area contributed by atoms with E-state index in [1.165, 1.54) is 6.07 Å². The van der Waals surface area contributed by atoms with Crippen LogP contribution in [0.25, 0.3) is 0 Å². The van der Waals surface area contributed by atoms with E-state index in [0.717, 1.165) is 25.2 Å². The van der Waals surface area contributed by atoms with Crippen LogP contribution in [0.2, 0.25) is 5.02 Å². The van der Waals surface area contributed by atoms with Crippen LogP contribution >= 0.6 is 11.6 Å². The quantitative estimate of drug-likeness (QED) is 0.808. The van der Waals surface area contributed by atoms with Crippen LogP contribution in [0.15, 0.2) is 47.4 Å². The predicted octanol–water partition coefficient (Wildman–Crippen LogP) is 2.36. The van der Waals surface area contributed by atoms with Gasteiger partial charge in [-0.25, -0.2) is 17.1 Å². The van der Waals surface area contributed by atoms with E-state index in [1.807, 2.05) is 0 Å². The number of nitrogens with one attached hydrogen (secondary N) is 1. The Balaban J connectivity index is 2.09. The predicted molar refractivity (Wildman–Crippen MR) is 89.2 cm³/mol. The van der Waals surface area contributed by atoms with Gasteiger partial charge in [-0.1, -0.05) is 23.7 Å². The topological polar surface area (TPSA) is 83.6 Å². The lowest BCUT2D eigenvalue weighted by molar-refractivity contribution is -0.132. The highest BCUT2D eigenvalue weighted by Gasteiger charge is 2.44. The number of para-hydroxylation sites is 1. The normalized spacial score (nSPS) is 18.6. The summed E-state index contributed by atoms with van der Waals surface area (Å²) in [5.41, 5.74) is 0.0589. The van der Waals surface area contributed by atoms with E-state index in [4.69, 9.17) is 11.6 Å². The van der Waals surface area contributed by atoms with Crippen molar-refractivity contribution in [1.29, 1.82) is 0 Å². The highest BCUT2D eigenvalue weighted by atomic mass is 35.5. The average molecular weight is 383 g/mol. The molecule has 1 aliphatic rings. The van der Waals surface area contributed by atoms with Crippen LogP contribution in [0.3, 0.4) is 0 Å². The number of hydrogen-bond donors (Lipinski definition) is 1. The van der Waals surface area contributed by atoms with Crippen molar-refractivity contribution in [2.45, 2.75) is 10.8 Å². The molecule has 2 aromatic rings. The molecule has 9 heteroatoms. The van der Waals surface area contributed by atoms with Crippen LogP contribution in [0.1, 0.15) is 11.5 Å². The minimum absolute atomic E-state index is 0.201. The van der Waals surface area contributed by atoms with E-state index in [0.29, 0.717) is 4.31 Å². The van der Waals surface area contributed by atoms with Crippen LogP contribution in [0.5, 0.6) is 0 Å². The minimum Gasteiger partial charge on any atom is -0.324 e. The van der Waals surface area contributed by atoms with Crippen LogP contribution < -0.4 is 5.32 Å². The number of hydrogen-bond acceptors (Lipinski definition) is 4. The fourth-order valence-electron chi connectivity index (χ4n) is 2.58. The zero-order chi connectivity index (χ0) is 18.4. The molecule has 1 N–H and O–H groups in total. The summed E-state index contributed by atoms with van der Waals surface area (Å²) < 4.78 is 38.8. The van der Waals surface area contributed by atoms with Gasteiger partial charge < -0.3 is 5.32 Å². The summed E-state index contributed by atoms with van der Waals surface area (Å²) >= 11 is 5.98. The standard InChI is InChI=1S/C16H12ClFN2O4S/c1-20-16(22)14(15(21)19-12-5-3-2-4-11(12)17)10-8-9(18)6-7-13(10)25(20,23)24/h2-8,14H,1H3,(H,19,21). The van der Waals surface area contributed by atoms with Gasteiger partial charge in [0.25, 0.3) is 15.9 Å². The SMILES string of the molecule is CN1C(=O)C(C(=O)Nc2ccccc2Cl)c2cc(F)ccc2S1(=O)=O. The van der Waals surface area contributed by atoms with Crippen LogP contribution in [-0.2, 0) is 19.6 Å². The van der Waals surface area contributed by atoms with Crippen molar-refractivity contribution in [3.05, 3.63) is 58.9 Å². The van der Waals surface area contributed by atoms with Crippen molar-refractivity contribution in [2.75, 3.05) is 12.4 Å². The fraction of sp³-hybridized carbons (Fsp3) is 0.125. The summed E-state index contributed by atoms with van der Waals surface area (Å²) in [6, 6.07) is 9.25. The number of amides is 2. The van der Waals surface area contributed by atoms with E-state index in [1.54, 1.807) is 18.2 Å². The van der Waals surface area contributed by atoms with Gasteiger partial charge in [0.05, 0.1) is 15.6 Å². The minimum atomic E-state index is -4.12. The van der Waals surface area contributed by atoms with Crippen molar-refractivity contribution >= 4 is 39.1 Å². The van der Waals surface area contributed by atoms with E-state index in [9.17, 15) is 22.4 Å². The first-order chi connectivity index (χ1) is 11.7. The number of carbonyl (C=O) groups excluding carboxylic acids is 2. The number of carbonyl (C=O) groups is 2. The number of sulfonamides is 1. The number of halogens is 2. The van der Waals surface area contributed by atoms with E-state index >= 15 is 0 Å². The van der Waals surface area contributed by atoms with Crippen molar-refractivity contribution < 1.29 is 22.4 Å². The molecular weight excluding hydrogens is 371 g/mol. The molecule has 1 aliphatic heterocycles. The Morgan fingerprint density at radius 1 is 1.24 bits per heavy atom. The Morgan fingerprint density at radius 2 is 1.92 bits per heavy atom. The molecule has 0 radical (unpaired) electrons. The van der Waals surface area contributed by atoms with Gasteiger partial charge in [-0.3, -0.25) is 9.59 Å². The van der Waals surface area contributed by atoms with Crippen molar-refractivity contribution in [2.24, 2.45) is 0 Å². The van der Waals surface area contributed by atoms with Gasteiger partial charge in [-0.2, -0.15) is 0 Å². The van der Waals surface area contributed by atoms with Crippen molar-refractivity contribution in [3.8, 4) is 0 Å². The molecule has 1 unspecified atom stereocenters. The number of benzene rings is 2. The molecule has 0 saturated carbocycles. The highest BCUT2D eigenvalue weighted by molar-refractivity contribution is 7.89. The van der Waals surface area contributed by atoms with Gasteiger partial charge in [0.2, 0.25) is 5.91 Å². The molecule has 3 rings (SSSR count). The number of fused-ring (bicyclic) bond motifs is 1. The fourth-order valence-corrected chi connectivity index (χ4v) is 4.12. The van der Waals surface area contributed by atoms with Gasteiger partial charge in [-0.05, 0) is 35.9 Å². The lowest BCUT2D eigenvalue weighted by Crippen LogP contribution is -2.45. The molecule has 25 heavy (non-hydrogen) atoms. The van der Waals surface area contributed by atoms with E-state index in [2.05, 4.69) is 5.32 Å². The maximum Gasteiger partial charge on any atom is 0.266 e. The molecule has 0 saturated heterocycles.